The van der Waals surface area contributed by atoms with Crippen LogP contribution in [-0.2, 0) is 4.79 Å². The van der Waals surface area contributed by atoms with E-state index in [0.29, 0.717) is 6.07 Å². The minimum Gasteiger partial charge on any atom is -0.370 e. The molecule has 0 saturated carbocycles. The van der Waals surface area contributed by atoms with Gasteiger partial charge in [0.1, 0.15) is 5.82 Å². The van der Waals surface area contributed by atoms with Crippen molar-refractivity contribution in [2.75, 3.05) is 0 Å². The largest absolute Gasteiger partial charge is 0.370 e. The lowest BCUT2D eigenvalue weighted by Gasteiger charge is -2.13. The number of carbonyl (C=O) groups is 1. The Morgan fingerprint density at radius 3 is 2.44 bits per heavy atom. The van der Waals surface area contributed by atoms with Gasteiger partial charge in [-0.3, -0.25) is 4.79 Å². The van der Waals surface area contributed by atoms with Crippen LogP contribution in [0.1, 0.15) is 18.0 Å². The molecule has 4 N–H and O–H groups in total. The van der Waals surface area contributed by atoms with Crippen molar-refractivity contribution in [3.8, 4) is 0 Å². The molecular weight excluding hydrogens is 245 g/mol. The molecule has 1 amide bonds. The van der Waals surface area contributed by atoms with Gasteiger partial charge in [0.05, 0.1) is 5.02 Å². The molecule has 88 valence electrons. The summed E-state index contributed by atoms with van der Waals surface area (Å²) in [6.07, 6.45) is -0.491. The summed E-state index contributed by atoms with van der Waals surface area (Å²) < 4.78 is 39.6. The van der Waals surface area contributed by atoms with E-state index in [9.17, 15) is 18.0 Å². The third-order valence-corrected chi connectivity index (χ3v) is 2.22. The lowest BCUT2D eigenvalue weighted by atomic mass is 10.0. The summed E-state index contributed by atoms with van der Waals surface area (Å²) in [5.41, 5.74) is 9.41. The minimum absolute atomic E-state index is 0.491. The molecule has 0 saturated heterocycles. The summed E-state index contributed by atoms with van der Waals surface area (Å²) in [6.45, 7) is 0. The lowest BCUT2D eigenvalue weighted by Crippen LogP contribution is -2.23. The van der Waals surface area contributed by atoms with Gasteiger partial charge < -0.3 is 11.5 Å². The van der Waals surface area contributed by atoms with E-state index in [1.54, 1.807) is 0 Å². The molecule has 3 nitrogen and oxygen atoms in total. The number of nitrogens with two attached hydrogens (primary N) is 2. The van der Waals surface area contributed by atoms with Crippen molar-refractivity contribution in [1.29, 1.82) is 0 Å². The topological polar surface area (TPSA) is 69.1 Å². The van der Waals surface area contributed by atoms with Gasteiger partial charge in [-0.2, -0.15) is 0 Å². The summed E-state index contributed by atoms with van der Waals surface area (Å²) in [5.74, 6) is -4.86. The van der Waals surface area contributed by atoms with Gasteiger partial charge in [-0.05, 0) is 6.07 Å². The zero-order valence-electron chi connectivity index (χ0n) is 7.94. The molecule has 16 heavy (non-hydrogen) atoms. The Bertz CT molecular complexity index is 439. The Kier molecular flexibility index (Phi) is 3.77. The Labute approximate surface area is 94.2 Å². The maximum absolute atomic E-state index is 13.3. The van der Waals surface area contributed by atoms with Crippen molar-refractivity contribution in [1.82, 2.24) is 0 Å². The highest BCUT2D eigenvalue weighted by Gasteiger charge is 2.23. The first-order valence-electron chi connectivity index (χ1n) is 4.21. The molecule has 1 rings (SSSR count). The maximum atomic E-state index is 13.3. The van der Waals surface area contributed by atoms with Crippen LogP contribution < -0.4 is 11.5 Å². The summed E-state index contributed by atoms with van der Waals surface area (Å²) in [6, 6.07) is -0.750. The van der Waals surface area contributed by atoms with Crippen LogP contribution in [0.15, 0.2) is 6.07 Å². The van der Waals surface area contributed by atoms with Gasteiger partial charge in [-0.15, -0.1) is 0 Å². The SMILES string of the molecule is NC(=O)CC(N)c1c(F)cc(Cl)c(F)c1F. The first-order valence-corrected chi connectivity index (χ1v) is 4.59. The van der Waals surface area contributed by atoms with Crippen LogP contribution in [0.5, 0.6) is 0 Å². The summed E-state index contributed by atoms with van der Waals surface area (Å²) in [4.78, 5) is 10.5. The highest BCUT2D eigenvalue weighted by Crippen LogP contribution is 2.28. The van der Waals surface area contributed by atoms with Gasteiger partial charge in [0.25, 0.3) is 0 Å². The molecule has 0 aromatic heterocycles. The molecule has 1 atom stereocenters. The van der Waals surface area contributed by atoms with Gasteiger partial charge in [0.15, 0.2) is 11.6 Å². The predicted octanol–water partition coefficient (Wildman–Crippen LogP) is 1.63. The number of hydrogen-bond donors (Lipinski definition) is 2. The van der Waals surface area contributed by atoms with Crippen molar-refractivity contribution < 1.29 is 18.0 Å². The van der Waals surface area contributed by atoms with Crippen molar-refractivity contribution in [3.63, 3.8) is 0 Å². The van der Waals surface area contributed by atoms with Crippen LogP contribution in [0.25, 0.3) is 0 Å². The lowest BCUT2D eigenvalue weighted by molar-refractivity contribution is -0.118. The number of primary amides is 1. The number of halogens is 4. The Morgan fingerprint density at radius 1 is 1.38 bits per heavy atom. The predicted molar refractivity (Wildman–Crippen MR) is 52.1 cm³/mol. The molecule has 0 aliphatic rings. The molecule has 0 fully saturated rings. The minimum atomic E-state index is -1.50. The molecule has 0 spiro atoms. The fourth-order valence-corrected chi connectivity index (χ4v) is 1.42. The molecule has 0 aliphatic heterocycles. The molecule has 1 unspecified atom stereocenters. The molecular formula is C9H8ClF3N2O. The highest BCUT2D eigenvalue weighted by molar-refractivity contribution is 6.30. The van der Waals surface area contributed by atoms with Crippen molar-refractivity contribution in [2.45, 2.75) is 12.5 Å². The third kappa shape index (κ3) is 2.45. The second-order valence-corrected chi connectivity index (χ2v) is 3.57. The number of amides is 1. The first kappa shape index (κ1) is 12.8. The van der Waals surface area contributed by atoms with Crippen LogP contribution in [-0.4, -0.2) is 5.91 Å². The van der Waals surface area contributed by atoms with Gasteiger partial charge in [0.2, 0.25) is 5.91 Å². The first-order chi connectivity index (χ1) is 7.34. The van der Waals surface area contributed by atoms with Gasteiger partial charge in [-0.25, -0.2) is 13.2 Å². The van der Waals surface area contributed by atoms with Gasteiger partial charge in [0, 0.05) is 18.0 Å². The Hall–Kier alpha value is -1.27. The zero-order chi connectivity index (χ0) is 12.5. The zero-order valence-corrected chi connectivity index (χ0v) is 8.69. The summed E-state index contributed by atoms with van der Waals surface area (Å²) in [7, 11) is 0. The molecule has 0 heterocycles. The van der Waals surface area contributed by atoms with Crippen LogP contribution >= 0.6 is 11.6 Å². The van der Waals surface area contributed by atoms with Crippen LogP contribution in [0, 0.1) is 17.5 Å². The smallest absolute Gasteiger partial charge is 0.219 e. The normalized spacial score (nSPS) is 12.6. The van der Waals surface area contributed by atoms with Crippen LogP contribution in [0.4, 0.5) is 13.2 Å². The fourth-order valence-electron chi connectivity index (χ4n) is 1.24. The third-order valence-electron chi connectivity index (χ3n) is 1.94. The van der Waals surface area contributed by atoms with E-state index in [4.69, 9.17) is 23.1 Å². The fraction of sp³-hybridized carbons (Fsp3) is 0.222. The number of hydrogen-bond acceptors (Lipinski definition) is 2. The highest BCUT2D eigenvalue weighted by atomic mass is 35.5. The van der Waals surface area contributed by atoms with E-state index in [2.05, 4.69) is 0 Å². The summed E-state index contributed by atoms with van der Waals surface area (Å²) in [5, 5.41) is -0.690. The van der Waals surface area contributed by atoms with Crippen molar-refractivity contribution in [3.05, 3.63) is 34.1 Å². The summed E-state index contributed by atoms with van der Waals surface area (Å²) >= 11 is 5.21. The Morgan fingerprint density at radius 2 is 1.94 bits per heavy atom. The van der Waals surface area contributed by atoms with E-state index in [1.165, 1.54) is 0 Å². The second-order valence-electron chi connectivity index (χ2n) is 3.16. The molecule has 1 aromatic rings. The average molecular weight is 253 g/mol. The van der Waals surface area contributed by atoms with E-state index in [1.807, 2.05) is 0 Å². The quantitative estimate of drug-likeness (QED) is 0.634. The molecule has 7 heteroatoms. The number of rotatable bonds is 3. The van der Waals surface area contributed by atoms with Crippen LogP contribution in [0.3, 0.4) is 0 Å². The molecule has 0 bridgehead atoms. The van der Waals surface area contributed by atoms with E-state index in [0.717, 1.165) is 0 Å². The van der Waals surface area contributed by atoms with Crippen molar-refractivity contribution in [2.24, 2.45) is 11.5 Å². The van der Waals surface area contributed by atoms with E-state index >= 15 is 0 Å². The molecule has 0 radical (unpaired) electrons. The number of benzene rings is 1. The molecule has 1 aromatic carbocycles. The van der Waals surface area contributed by atoms with Gasteiger partial charge in [-0.1, -0.05) is 11.6 Å². The van der Waals surface area contributed by atoms with E-state index in [-0.39, 0.29) is 0 Å². The molecule has 0 aliphatic carbocycles. The standard InChI is InChI=1S/C9H8ClF3N2O/c10-3-1-4(11)7(9(13)8(3)12)5(14)2-6(15)16/h1,5H,2,14H2,(H2,15,16). The van der Waals surface area contributed by atoms with Crippen molar-refractivity contribution >= 4 is 17.5 Å². The number of carbonyl (C=O) groups excluding carboxylic acids is 1. The van der Waals surface area contributed by atoms with Crippen LogP contribution in [0.2, 0.25) is 5.02 Å². The van der Waals surface area contributed by atoms with Gasteiger partial charge >= 0.3 is 0 Å². The van der Waals surface area contributed by atoms with E-state index < -0.39 is 46.4 Å². The Balaban J connectivity index is 3.23. The monoisotopic (exact) mass is 252 g/mol. The second kappa shape index (κ2) is 4.71. The maximum Gasteiger partial charge on any atom is 0.219 e. The average Bonchev–Trinajstić information content (AvgIpc) is 2.13.